The molecule has 410 valence electrons. The molecular formula is C60H113NO8P+. The molecular weight excluding hydrogens is 894 g/mol. The number of carbonyl (C=O) groups is 2. The number of ether oxygens (including phenoxy) is 2. The molecule has 2 atom stereocenters. The summed E-state index contributed by atoms with van der Waals surface area (Å²) in [6.07, 6.45) is 64.6. The number of esters is 2. The number of hydrogen-bond donors (Lipinski definition) is 1. The number of nitrogens with zero attached hydrogens (tertiary/aromatic N) is 1. The van der Waals surface area contributed by atoms with E-state index in [2.05, 4.69) is 62.5 Å². The molecule has 70 heavy (non-hydrogen) atoms. The van der Waals surface area contributed by atoms with Crippen molar-refractivity contribution in [2.45, 2.75) is 277 Å². The molecule has 1 N–H and O–H groups in total. The van der Waals surface area contributed by atoms with Crippen LogP contribution in [0, 0.1) is 0 Å². The molecule has 0 amide bonds. The smallest absolute Gasteiger partial charge is 0.462 e. The van der Waals surface area contributed by atoms with Crippen LogP contribution in [-0.2, 0) is 32.7 Å². The third kappa shape index (κ3) is 55.3. The van der Waals surface area contributed by atoms with Crippen LogP contribution in [0.4, 0.5) is 0 Å². The van der Waals surface area contributed by atoms with E-state index in [1.807, 2.05) is 21.1 Å². The zero-order valence-corrected chi connectivity index (χ0v) is 47.4. The van der Waals surface area contributed by atoms with Crippen molar-refractivity contribution < 1.29 is 42.1 Å². The molecule has 0 aromatic rings. The highest BCUT2D eigenvalue weighted by atomic mass is 31.2. The van der Waals surface area contributed by atoms with E-state index in [1.165, 1.54) is 186 Å². The summed E-state index contributed by atoms with van der Waals surface area (Å²) in [5.41, 5.74) is 0. The number of likely N-dealkylation sites (N-methyl/N-ethyl adjacent to an activating group) is 1. The standard InChI is InChI=1S/C60H112NO8P/c1-6-8-10-12-14-16-18-20-22-24-26-28-30-32-34-36-38-40-42-44-46-48-50-52-59(62)66-56-58(57-68-70(64,65)67-55-54-61(3,4)5)69-60(63)53-51-49-47-45-43-41-39-37-35-33-31-29-27-25-23-21-19-17-15-13-11-9-7-2/h18-21,24-27,58H,6-17,22-23,28-57H2,1-5H3/p+1/b20-18-,21-19-,26-24-,27-25-. The second kappa shape index (κ2) is 51.9. The quantitative estimate of drug-likeness (QED) is 0.0211. The van der Waals surface area contributed by atoms with Crippen LogP contribution in [0.15, 0.2) is 48.6 Å². The lowest BCUT2D eigenvalue weighted by Crippen LogP contribution is -2.37. The zero-order valence-electron chi connectivity index (χ0n) is 46.5. The van der Waals surface area contributed by atoms with Crippen molar-refractivity contribution in [2.24, 2.45) is 0 Å². The summed E-state index contributed by atoms with van der Waals surface area (Å²) in [7, 11) is 1.48. The van der Waals surface area contributed by atoms with Gasteiger partial charge in [0.05, 0.1) is 27.7 Å². The number of rotatable bonds is 54. The summed E-state index contributed by atoms with van der Waals surface area (Å²) in [5.74, 6) is -0.794. The summed E-state index contributed by atoms with van der Waals surface area (Å²) in [4.78, 5) is 35.7. The third-order valence-electron chi connectivity index (χ3n) is 12.8. The molecule has 2 unspecified atom stereocenters. The summed E-state index contributed by atoms with van der Waals surface area (Å²) in [5, 5.41) is 0. The molecule has 9 nitrogen and oxygen atoms in total. The highest BCUT2D eigenvalue weighted by Gasteiger charge is 2.27. The number of quaternary nitrogens is 1. The number of allylic oxidation sites excluding steroid dienone is 8. The molecule has 0 saturated carbocycles. The molecule has 0 spiro atoms. The predicted molar refractivity (Wildman–Crippen MR) is 298 cm³/mol. The fourth-order valence-corrected chi connectivity index (χ4v) is 9.00. The van der Waals surface area contributed by atoms with Gasteiger partial charge in [0.1, 0.15) is 19.8 Å². The molecule has 0 saturated heterocycles. The monoisotopic (exact) mass is 1010 g/mol. The summed E-state index contributed by atoms with van der Waals surface area (Å²) < 4.78 is 34.6. The molecule has 0 fully saturated rings. The highest BCUT2D eigenvalue weighted by molar-refractivity contribution is 7.47. The number of hydrogen-bond acceptors (Lipinski definition) is 7. The summed E-state index contributed by atoms with van der Waals surface area (Å²) in [6.45, 7) is 4.44. The van der Waals surface area contributed by atoms with Gasteiger partial charge in [-0.3, -0.25) is 18.6 Å². The zero-order chi connectivity index (χ0) is 51.3. The van der Waals surface area contributed by atoms with Gasteiger partial charge in [-0.1, -0.05) is 229 Å². The topological polar surface area (TPSA) is 108 Å². The van der Waals surface area contributed by atoms with Crippen LogP contribution in [0.25, 0.3) is 0 Å². The van der Waals surface area contributed by atoms with E-state index < -0.39 is 26.5 Å². The Labute approximate surface area is 433 Å². The number of unbranched alkanes of at least 4 members (excludes halogenated alkanes) is 32. The number of phosphoric ester groups is 1. The van der Waals surface area contributed by atoms with E-state index in [-0.39, 0.29) is 32.0 Å². The Morgan fingerprint density at radius 1 is 0.443 bits per heavy atom. The van der Waals surface area contributed by atoms with Crippen LogP contribution in [0.5, 0.6) is 0 Å². The second-order valence-corrected chi connectivity index (χ2v) is 22.5. The average molecular weight is 1010 g/mol. The van der Waals surface area contributed by atoms with Crippen molar-refractivity contribution in [3.63, 3.8) is 0 Å². The Hall–Kier alpha value is -2.03. The Balaban J connectivity index is 4.16. The lowest BCUT2D eigenvalue weighted by atomic mass is 10.0. The fraction of sp³-hybridized carbons (Fsp3) is 0.833. The van der Waals surface area contributed by atoms with Gasteiger partial charge in [0, 0.05) is 12.8 Å². The van der Waals surface area contributed by atoms with Crippen molar-refractivity contribution in [3.8, 4) is 0 Å². The van der Waals surface area contributed by atoms with Gasteiger partial charge in [-0.25, -0.2) is 4.57 Å². The molecule has 0 radical (unpaired) electrons. The molecule has 0 rings (SSSR count). The van der Waals surface area contributed by atoms with Crippen molar-refractivity contribution in [2.75, 3.05) is 47.5 Å². The van der Waals surface area contributed by atoms with Gasteiger partial charge in [0.2, 0.25) is 0 Å². The van der Waals surface area contributed by atoms with Gasteiger partial charge in [0.25, 0.3) is 0 Å². The van der Waals surface area contributed by atoms with Crippen LogP contribution in [0.1, 0.15) is 271 Å². The molecule has 0 aromatic carbocycles. The fourth-order valence-electron chi connectivity index (χ4n) is 8.25. The predicted octanol–water partition coefficient (Wildman–Crippen LogP) is 18.1. The summed E-state index contributed by atoms with van der Waals surface area (Å²) in [6, 6.07) is 0. The molecule has 0 aliphatic heterocycles. The molecule has 0 aliphatic rings. The number of phosphoric acid groups is 1. The lowest BCUT2D eigenvalue weighted by Gasteiger charge is -2.24. The molecule has 0 heterocycles. The molecule has 10 heteroatoms. The Bertz CT molecular complexity index is 1320. The van der Waals surface area contributed by atoms with Gasteiger partial charge < -0.3 is 18.9 Å². The van der Waals surface area contributed by atoms with Crippen LogP contribution in [-0.4, -0.2) is 74.9 Å². The maximum atomic E-state index is 12.8. The maximum absolute atomic E-state index is 12.8. The maximum Gasteiger partial charge on any atom is 0.472 e. The van der Waals surface area contributed by atoms with Gasteiger partial charge >= 0.3 is 19.8 Å². The Morgan fingerprint density at radius 3 is 1.13 bits per heavy atom. The van der Waals surface area contributed by atoms with E-state index in [0.717, 1.165) is 51.4 Å². The minimum atomic E-state index is -4.39. The number of carbonyl (C=O) groups excluding carboxylic acids is 2. The van der Waals surface area contributed by atoms with Gasteiger partial charge in [0.15, 0.2) is 6.10 Å². The second-order valence-electron chi connectivity index (χ2n) is 21.0. The van der Waals surface area contributed by atoms with Crippen LogP contribution >= 0.6 is 7.82 Å². The minimum absolute atomic E-state index is 0.0308. The van der Waals surface area contributed by atoms with Crippen LogP contribution in [0.3, 0.4) is 0 Å². The van der Waals surface area contributed by atoms with Crippen LogP contribution in [0.2, 0.25) is 0 Å². The van der Waals surface area contributed by atoms with Crippen molar-refractivity contribution in [1.82, 2.24) is 0 Å². The highest BCUT2D eigenvalue weighted by Crippen LogP contribution is 2.43. The van der Waals surface area contributed by atoms with Gasteiger partial charge in [-0.15, -0.1) is 0 Å². The molecule has 0 bridgehead atoms. The van der Waals surface area contributed by atoms with Crippen molar-refractivity contribution in [1.29, 1.82) is 0 Å². The largest absolute Gasteiger partial charge is 0.472 e. The summed E-state index contributed by atoms with van der Waals surface area (Å²) >= 11 is 0. The Kier molecular flexibility index (Phi) is 50.4. The van der Waals surface area contributed by atoms with Gasteiger partial charge in [-0.05, 0) is 77.0 Å². The molecule has 0 aromatic heterocycles. The first-order chi connectivity index (χ1) is 34.0. The van der Waals surface area contributed by atoms with Crippen LogP contribution < -0.4 is 0 Å². The first kappa shape index (κ1) is 68.0. The van der Waals surface area contributed by atoms with Crippen molar-refractivity contribution in [3.05, 3.63) is 48.6 Å². The minimum Gasteiger partial charge on any atom is -0.462 e. The first-order valence-corrected chi connectivity index (χ1v) is 30.9. The first-order valence-electron chi connectivity index (χ1n) is 29.4. The van der Waals surface area contributed by atoms with Crippen molar-refractivity contribution >= 4 is 19.8 Å². The van der Waals surface area contributed by atoms with Gasteiger partial charge in [-0.2, -0.15) is 0 Å². The van der Waals surface area contributed by atoms with E-state index in [4.69, 9.17) is 18.5 Å². The SMILES string of the molecule is CCCCCCC/C=C\C/C=C\CCCCCCCCCCCCCC(=O)OCC(COP(=O)(O)OCC[N+](C)(C)C)OC(=O)CCCCCCCCCCCCC/C=C\C/C=C\CCCCCCC. The molecule has 0 aliphatic carbocycles. The lowest BCUT2D eigenvalue weighted by molar-refractivity contribution is -0.870. The van der Waals surface area contributed by atoms with E-state index in [9.17, 15) is 19.0 Å². The Morgan fingerprint density at radius 2 is 0.771 bits per heavy atom. The normalized spacial score (nSPS) is 13.6. The van der Waals surface area contributed by atoms with E-state index >= 15 is 0 Å². The average Bonchev–Trinajstić information content (AvgIpc) is 3.32. The van der Waals surface area contributed by atoms with E-state index in [0.29, 0.717) is 17.4 Å². The van der Waals surface area contributed by atoms with E-state index in [1.54, 1.807) is 0 Å². The third-order valence-corrected chi connectivity index (χ3v) is 13.8.